The van der Waals surface area contributed by atoms with Crippen LogP contribution in [0.3, 0.4) is 0 Å². The van der Waals surface area contributed by atoms with Gasteiger partial charge in [-0.2, -0.15) is 13.2 Å². The zero-order chi connectivity index (χ0) is 22.4. The molecule has 0 saturated heterocycles. The van der Waals surface area contributed by atoms with Gasteiger partial charge in [-0.05, 0) is 66.9 Å². The van der Waals surface area contributed by atoms with Crippen molar-refractivity contribution < 1.29 is 22.8 Å². The SMILES string of the molecule is Cc1cc(NC(=O)Nc2cccc(C(F)(F)F)c2)ccc1CCNC(=O)c1ccc[nH]1. The van der Waals surface area contributed by atoms with Crippen molar-refractivity contribution in [1.29, 1.82) is 0 Å². The summed E-state index contributed by atoms with van der Waals surface area (Å²) in [5, 5.41) is 7.82. The maximum Gasteiger partial charge on any atom is 0.416 e. The topological polar surface area (TPSA) is 86.0 Å². The Labute approximate surface area is 176 Å². The minimum Gasteiger partial charge on any atom is -0.357 e. The first kappa shape index (κ1) is 21.9. The molecule has 3 amide bonds. The number of anilines is 2. The number of alkyl halides is 3. The number of hydrogen-bond acceptors (Lipinski definition) is 2. The normalized spacial score (nSPS) is 11.1. The molecule has 1 aromatic heterocycles. The van der Waals surface area contributed by atoms with Crippen LogP contribution in [0.2, 0.25) is 0 Å². The summed E-state index contributed by atoms with van der Waals surface area (Å²) in [6, 6.07) is 12.5. The van der Waals surface area contributed by atoms with E-state index in [-0.39, 0.29) is 11.6 Å². The molecule has 0 saturated carbocycles. The molecular formula is C22H21F3N4O2. The number of carbonyl (C=O) groups is 2. The van der Waals surface area contributed by atoms with Crippen LogP contribution in [0.25, 0.3) is 0 Å². The molecule has 0 aliphatic heterocycles. The van der Waals surface area contributed by atoms with Gasteiger partial charge in [-0.25, -0.2) is 4.79 Å². The molecule has 31 heavy (non-hydrogen) atoms. The van der Waals surface area contributed by atoms with Crippen LogP contribution in [0.4, 0.5) is 29.3 Å². The van der Waals surface area contributed by atoms with Crippen molar-refractivity contribution in [2.45, 2.75) is 19.5 Å². The van der Waals surface area contributed by atoms with E-state index >= 15 is 0 Å². The predicted octanol–water partition coefficient (Wildman–Crippen LogP) is 4.96. The average molecular weight is 430 g/mol. The molecule has 9 heteroatoms. The second kappa shape index (κ2) is 9.38. The number of halogens is 3. The maximum absolute atomic E-state index is 12.8. The van der Waals surface area contributed by atoms with Gasteiger partial charge < -0.3 is 20.9 Å². The lowest BCUT2D eigenvalue weighted by Gasteiger charge is -2.12. The Hall–Kier alpha value is -3.75. The number of nitrogens with one attached hydrogen (secondary N) is 4. The van der Waals surface area contributed by atoms with Gasteiger partial charge in [0.15, 0.2) is 0 Å². The fourth-order valence-corrected chi connectivity index (χ4v) is 3.00. The van der Waals surface area contributed by atoms with Gasteiger partial charge in [0.1, 0.15) is 5.69 Å². The Kier molecular flexibility index (Phi) is 6.64. The first-order valence-electron chi connectivity index (χ1n) is 9.49. The highest BCUT2D eigenvalue weighted by Gasteiger charge is 2.30. The molecule has 0 atom stereocenters. The van der Waals surface area contributed by atoms with Crippen LogP contribution < -0.4 is 16.0 Å². The van der Waals surface area contributed by atoms with Crippen LogP contribution in [0.15, 0.2) is 60.8 Å². The van der Waals surface area contributed by atoms with Gasteiger partial charge in [-0.15, -0.1) is 0 Å². The molecule has 2 aromatic carbocycles. The van der Waals surface area contributed by atoms with E-state index in [1.54, 1.807) is 30.5 Å². The largest absolute Gasteiger partial charge is 0.416 e. The summed E-state index contributed by atoms with van der Waals surface area (Å²) in [5.74, 6) is -0.188. The number of aryl methyl sites for hydroxylation is 1. The number of aromatic nitrogens is 1. The first-order valence-corrected chi connectivity index (χ1v) is 9.49. The third kappa shape index (κ3) is 6.11. The Bertz CT molecular complexity index is 1060. The lowest BCUT2D eigenvalue weighted by molar-refractivity contribution is -0.137. The van der Waals surface area contributed by atoms with E-state index in [4.69, 9.17) is 0 Å². The van der Waals surface area contributed by atoms with E-state index in [0.717, 1.165) is 23.3 Å². The summed E-state index contributed by atoms with van der Waals surface area (Å²) in [7, 11) is 0. The zero-order valence-corrected chi connectivity index (χ0v) is 16.6. The summed E-state index contributed by atoms with van der Waals surface area (Å²) in [6.07, 6.45) is -2.20. The second-order valence-corrected chi connectivity index (χ2v) is 6.89. The molecule has 0 unspecified atom stereocenters. The lowest BCUT2D eigenvalue weighted by Crippen LogP contribution is -2.26. The predicted molar refractivity (Wildman–Crippen MR) is 112 cm³/mol. The number of carbonyl (C=O) groups excluding carboxylic acids is 2. The highest BCUT2D eigenvalue weighted by Crippen LogP contribution is 2.30. The van der Waals surface area contributed by atoms with Crippen molar-refractivity contribution in [2.75, 3.05) is 17.2 Å². The van der Waals surface area contributed by atoms with Crippen LogP contribution in [-0.4, -0.2) is 23.5 Å². The summed E-state index contributed by atoms with van der Waals surface area (Å²) < 4.78 is 38.4. The minimum atomic E-state index is -4.48. The van der Waals surface area contributed by atoms with Gasteiger partial charge in [0.25, 0.3) is 5.91 Å². The highest BCUT2D eigenvalue weighted by atomic mass is 19.4. The molecule has 1 heterocycles. The number of benzene rings is 2. The van der Waals surface area contributed by atoms with Crippen molar-refractivity contribution in [3.05, 3.63) is 83.2 Å². The number of hydrogen-bond donors (Lipinski definition) is 4. The van der Waals surface area contributed by atoms with Crippen molar-refractivity contribution >= 4 is 23.3 Å². The van der Waals surface area contributed by atoms with E-state index in [9.17, 15) is 22.8 Å². The van der Waals surface area contributed by atoms with Gasteiger partial charge in [-0.1, -0.05) is 12.1 Å². The molecule has 0 aliphatic carbocycles. The number of H-pyrrole nitrogens is 1. The number of urea groups is 1. The smallest absolute Gasteiger partial charge is 0.357 e. The molecule has 0 fully saturated rings. The molecule has 6 nitrogen and oxygen atoms in total. The van der Waals surface area contributed by atoms with Crippen molar-refractivity contribution in [2.24, 2.45) is 0 Å². The quantitative estimate of drug-likeness (QED) is 0.446. The molecule has 0 spiro atoms. The van der Waals surface area contributed by atoms with E-state index in [1.807, 2.05) is 13.0 Å². The molecular weight excluding hydrogens is 409 g/mol. The van der Waals surface area contributed by atoms with E-state index in [0.29, 0.717) is 24.3 Å². The number of aromatic amines is 1. The van der Waals surface area contributed by atoms with Crippen molar-refractivity contribution in [1.82, 2.24) is 10.3 Å². The Morgan fingerprint density at radius 1 is 0.968 bits per heavy atom. The van der Waals surface area contributed by atoms with Crippen LogP contribution in [-0.2, 0) is 12.6 Å². The Morgan fingerprint density at radius 3 is 2.35 bits per heavy atom. The van der Waals surface area contributed by atoms with Gasteiger partial charge in [0.2, 0.25) is 0 Å². The summed E-state index contributed by atoms with van der Waals surface area (Å²) in [4.78, 5) is 26.9. The molecule has 0 aliphatic rings. The van der Waals surface area contributed by atoms with Crippen LogP contribution >= 0.6 is 0 Å². The molecule has 4 N–H and O–H groups in total. The third-order valence-corrected chi connectivity index (χ3v) is 4.57. The van der Waals surface area contributed by atoms with Crippen LogP contribution in [0.5, 0.6) is 0 Å². The monoisotopic (exact) mass is 430 g/mol. The van der Waals surface area contributed by atoms with Crippen molar-refractivity contribution in [3.8, 4) is 0 Å². The lowest BCUT2D eigenvalue weighted by atomic mass is 10.0. The second-order valence-electron chi connectivity index (χ2n) is 6.89. The van der Waals surface area contributed by atoms with Crippen molar-refractivity contribution in [3.63, 3.8) is 0 Å². The summed E-state index contributed by atoms with van der Waals surface area (Å²) in [5.41, 5.74) is 2.10. The van der Waals surface area contributed by atoms with Gasteiger partial charge in [-0.3, -0.25) is 4.79 Å². The van der Waals surface area contributed by atoms with Crippen LogP contribution in [0, 0.1) is 6.92 Å². The zero-order valence-electron chi connectivity index (χ0n) is 16.6. The Morgan fingerprint density at radius 2 is 1.71 bits per heavy atom. The first-order chi connectivity index (χ1) is 14.7. The average Bonchev–Trinajstić information content (AvgIpc) is 3.24. The van der Waals surface area contributed by atoms with E-state index < -0.39 is 17.8 Å². The number of rotatable bonds is 6. The molecule has 0 radical (unpaired) electrons. The van der Waals surface area contributed by atoms with Gasteiger partial charge in [0, 0.05) is 24.1 Å². The Balaban J connectivity index is 1.54. The fraction of sp³-hybridized carbons (Fsp3) is 0.182. The molecule has 3 rings (SSSR count). The highest BCUT2D eigenvalue weighted by molar-refractivity contribution is 5.99. The summed E-state index contributed by atoms with van der Waals surface area (Å²) in [6.45, 7) is 2.32. The number of amides is 3. The fourth-order valence-electron chi connectivity index (χ4n) is 3.00. The maximum atomic E-state index is 12.8. The van der Waals surface area contributed by atoms with Gasteiger partial charge in [0.05, 0.1) is 5.56 Å². The van der Waals surface area contributed by atoms with E-state index in [2.05, 4.69) is 20.9 Å². The minimum absolute atomic E-state index is 0.0403. The van der Waals surface area contributed by atoms with Crippen LogP contribution in [0.1, 0.15) is 27.2 Å². The van der Waals surface area contributed by atoms with Gasteiger partial charge >= 0.3 is 12.2 Å². The van der Waals surface area contributed by atoms with E-state index in [1.165, 1.54) is 12.1 Å². The molecule has 0 bridgehead atoms. The molecule has 3 aromatic rings. The third-order valence-electron chi connectivity index (χ3n) is 4.57. The molecule has 162 valence electrons. The summed E-state index contributed by atoms with van der Waals surface area (Å²) >= 11 is 0. The standard InChI is InChI=1S/C22H21F3N4O2/c1-14-12-18(8-7-15(14)9-11-27-20(30)19-6-3-10-26-19)29-21(31)28-17-5-2-4-16(13-17)22(23,24)25/h2-8,10,12-13,26H,9,11H2,1H3,(H,27,30)(H2,28,29,31).